The summed E-state index contributed by atoms with van der Waals surface area (Å²) in [6.07, 6.45) is 7.95. The summed E-state index contributed by atoms with van der Waals surface area (Å²) >= 11 is 0. The Morgan fingerprint density at radius 3 is 2.35 bits per heavy atom. The average Bonchev–Trinajstić information content (AvgIpc) is 3.67. The van der Waals surface area contributed by atoms with Gasteiger partial charge in [-0.05, 0) is 73.1 Å². The summed E-state index contributed by atoms with van der Waals surface area (Å²) in [7, 11) is 0. The third kappa shape index (κ3) is 8.34. The van der Waals surface area contributed by atoms with E-state index >= 15 is 0 Å². The van der Waals surface area contributed by atoms with E-state index in [1.807, 2.05) is 24.3 Å². The standard InChI is InChI=1S/C28H36N2O4/c1-4-34-30-28(32)26(19-22-10-12-23(13-11-22)20(2)3)29-27(31)24-14-16-25(17-15-24)33-18-6-5-7-21-8-9-21/h10-17,19-21H,4-9,18H2,1-3H3,(H,29,31)(H,30,32)/b26-19-. The van der Waals surface area contributed by atoms with Crippen molar-refractivity contribution in [2.75, 3.05) is 13.2 Å². The van der Waals surface area contributed by atoms with Gasteiger partial charge >= 0.3 is 0 Å². The normalized spacial score (nSPS) is 13.6. The molecule has 6 nitrogen and oxygen atoms in total. The highest BCUT2D eigenvalue weighted by Crippen LogP contribution is 2.33. The minimum Gasteiger partial charge on any atom is -0.494 e. The minimum atomic E-state index is -0.519. The van der Waals surface area contributed by atoms with E-state index in [4.69, 9.17) is 9.57 Å². The molecule has 0 unspecified atom stereocenters. The van der Waals surface area contributed by atoms with Crippen molar-refractivity contribution in [1.29, 1.82) is 0 Å². The zero-order chi connectivity index (χ0) is 24.3. The lowest BCUT2D eigenvalue weighted by Crippen LogP contribution is -2.34. The monoisotopic (exact) mass is 464 g/mol. The number of carbonyl (C=O) groups excluding carboxylic acids is 2. The molecule has 1 aliphatic rings. The van der Waals surface area contributed by atoms with E-state index in [2.05, 4.69) is 24.6 Å². The van der Waals surface area contributed by atoms with Gasteiger partial charge in [0.2, 0.25) is 0 Å². The first-order valence-electron chi connectivity index (χ1n) is 12.2. The summed E-state index contributed by atoms with van der Waals surface area (Å²) in [6.45, 7) is 7.01. The van der Waals surface area contributed by atoms with Crippen molar-refractivity contribution >= 4 is 17.9 Å². The molecule has 2 N–H and O–H groups in total. The summed E-state index contributed by atoms with van der Waals surface area (Å²) in [5.41, 5.74) is 4.89. The van der Waals surface area contributed by atoms with Gasteiger partial charge in [-0.2, -0.15) is 0 Å². The fraction of sp³-hybridized carbons (Fsp3) is 0.429. The summed E-state index contributed by atoms with van der Waals surface area (Å²) in [5, 5.41) is 2.71. The number of amides is 2. The Hall–Kier alpha value is -3.12. The van der Waals surface area contributed by atoms with Crippen molar-refractivity contribution < 1.29 is 19.2 Å². The van der Waals surface area contributed by atoms with Gasteiger partial charge in [0.15, 0.2) is 0 Å². The van der Waals surface area contributed by atoms with Gasteiger partial charge in [0.05, 0.1) is 13.2 Å². The molecule has 1 saturated carbocycles. The second-order valence-corrected chi connectivity index (χ2v) is 9.01. The number of ether oxygens (including phenoxy) is 1. The predicted molar refractivity (Wildman–Crippen MR) is 134 cm³/mol. The summed E-state index contributed by atoms with van der Waals surface area (Å²) in [6, 6.07) is 14.8. The van der Waals surface area contributed by atoms with E-state index in [0.717, 1.165) is 23.7 Å². The molecule has 1 aliphatic carbocycles. The minimum absolute atomic E-state index is 0.103. The maximum Gasteiger partial charge on any atom is 0.291 e. The van der Waals surface area contributed by atoms with Crippen molar-refractivity contribution in [3.8, 4) is 5.75 Å². The lowest BCUT2D eigenvalue weighted by molar-refractivity contribution is -0.129. The average molecular weight is 465 g/mol. The number of hydrogen-bond acceptors (Lipinski definition) is 4. The molecule has 3 rings (SSSR count). The SMILES string of the molecule is CCONC(=O)/C(=C/c1ccc(C(C)C)cc1)NC(=O)c1ccc(OCCCCC2CC2)cc1. The lowest BCUT2D eigenvalue weighted by Gasteiger charge is -2.12. The predicted octanol–water partition coefficient (Wildman–Crippen LogP) is 5.61. The molecule has 0 heterocycles. The van der Waals surface area contributed by atoms with Crippen LogP contribution in [0.5, 0.6) is 5.75 Å². The molecule has 0 saturated heterocycles. The van der Waals surface area contributed by atoms with Crippen LogP contribution in [0.2, 0.25) is 0 Å². The molecule has 0 aliphatic heterocycles. The topological polar surface area (TPSA) is 76.7 Å². The lowest BCUT2D eigenvalue weighted by atomic mass is 10.0. The zero-order valence-electron chi connectivity index (χ0n) is 20.4. The molecule has 2 amide bonds. The van der Waals surface area contributed by atoms with Crippen molar-refractivity contribution in [2.24, 2.45) is 5.92 Å². The molecule has 2 aromatic carbocycles. The van der Waals surface area contributed by atoms with Crippen LogP contribution in [0, 0.1) is 5.92 Å². The zero-order valence-corrected chi connectivity index (χ0v) is 20.4. The van der Waals surface area contributed by atoms with Crippen molar-refractivity contribution in [1.82, 2.24) is 10.8 Å². The van der Waals surface area contributed by atoms with Gasteiger partial charge in [0.25, 0.3) is 11.8 Å². The van der Waals surface area contributed by atoms with Crippen molar-refractivity contribution in [2.45, 2.75) is 58.8 Å². The van der Waals surface area contributed by atoms with Crippen LogP contribution in [-0.2, 0) is 9.63 Å². The molecule has 182 valence electrons. The van der Waals surface area contributed by atoms with Crippen LogP contribution in [-0.4, -0.2) is 25.0 Å². The van der Waals surface area contributed by atoms with Gasteiger partial charge in [-0.25, -0.2) is 5.48 Å². The molecule has 0 radical (unpaired) electrons. The number of benzene rings is 2. The van der Waals surface area contributed by atoms with Gasteiger partial charge in [-0.3, -0.25) is 14.4 Å². The van der Waals surface area contributed by atoms with Crippen molar-refractivity contribution in [3.63, 3.8) is 0 Å². The van der Waals surface area contributed by atoms with Crippen LogP contribution in [0.4, 0.5) is 0 Å². The number of hydroxylamine groups is 1. The van der Waals surface area contributed by atoms with Gasteiger partial charge in [-0.15, -0.1) is 0 Å². The molecular formula is C28H36N2O4. The molecule has 34 heavy (non-hydrogen) atoms. The van der Waals surface area contributed by atoms with Gasteiger partial charge < -0.3 is 10.1 Å². The van der Waals surface area contributed by atoms with Crippen LogP contribution in [0.25, 0.3) is 6.08 Å². The molecule has 0 atom stereocenters. The Kier molecular flexibility index (Phi) is 9.71. The Morgan fingerprint density at radius 1 is 1.03 bits per heavy atom. The second-order valence-electron chi connectivity index (χ2n) is 9.01. The van der Waals surface area contributed by atoms with E-state index in [0.29, 0.717) is 24.7 Å². The van der Waals surface area contributed by atoms with E-state index in [-0.39, 0.29) is 11.6 Å². The van der Waals surface area contributed by atoms with E-state index in [9.17, 15) is 9.59 Å². The molecule has 6 heteroatoms. The smallest absolute Gasteiger partial charge is 0.291 e. The van der Waals surface area contributed by atoms with Gasteiger partial charge in [0, 0.05) is 5.56 Å². The number of nitrogens with one attached hydrogen (secondary N) is 2. The molecule has 2 aromatic rings. The van der Waals surface area contributed by atoms with E-state index in [1.165, 1.54) is 31.2 Å². The number of unbranched alkanes of at least 4 members (excludes halogenated alkanes) is 1. The summed E-state index contributed by atoms with van der Waals surface area (Å²) in [5.74, 6) is 1.19. The van der Waals surface area contributed by atoms with Crippen LogP contribution >= 0.6 is 0 Å². The van der Waals surface area contributed by atoms with Crippen LogP contribution in [0.1, 0.15) is 80.3 Å². The van der Waals surface area contributed by atoms with Crippen molar-refractivity contribution in [3.05, 3.63) is 70.9 Å². The fourth-order valence-electron chi connectivity index (χ4n) is 3.52. The highest BCUT2D eigenvalue weighted by Gasteiger charge is 2.20. The molecular weight excluding hydrogens is 428 g/mol. The first-order chi connectivity index (χ1) is 16.5. The number of hydrogen-bond donors (Lipinski definition) is 2. The summed E-state index contributed by atoms with van der Waals surface area (Å²) < 4.78 is 5.79. The summed E-state index contributed by atoms with van der Waals surface area (Å²) in [4.78, 5) is 30.4. The Morgan fingerprint density at radius 2 is 1.74 bits per heavy atom. The first kappa shape index (κ1) is 25.5. The fourth-order valence-corrected chi connectivity index (χ4v) is 3.52. The number of carbonyl (C=O) groups is 2. The quantitative estimate of drug-likeness (QED) is 0.230. The molecule has 0 spiro atoms. The number of rotatable bonds is 13. The largest absolute Gasteiger partial charge is 0.494 e. The van der Waals surface area contributed by atoms with E-state index in [1.54, 1.807) is 37.3 Å². The van der Waals surface area contributed by atoms with Crippen LogP contribution in [0.15, 0.2) is 54.2 Å². The maximum absolute atomic E-state index is 12.8. The molecule has 1 fully saturated rings. The van der Waals surface area contributed by atoms with Crippen LogP contribution in [0.3, 0.4) is 0 Å². The van der Waals surface area contributed by atoms with E-state index < -0.39 is 5.91 Å². The van der Waals surface area contributed by atoms with Gasteiger partial charge in [0.1, 0.15) is 11.4 Å². The third-order valence-electron chi connectivity index (χ3n) is 5.81. The second kappa shape index (κ2) is 12.9. The first-order valence-corrected chi connectivity index (χ1v) is 12.2. The van der Waals surface area contributed by atoms with Crippen LogP contribution < -0.4 is 15.5 Å². The Labute approximate surface area is 202 Å². The Bertz CT molecular complexity index is 961. The highest BCUT2D eigenvalue weighted by atomic mass is 16.6. The highest BCUT2D eigenvalue weighted by molar-refractivity contribution is 6.05. The van der Waals surface area contributed by atoms with Gasteiger partial charge in [-0.1, -0.05) is 57.4 Å². The molecule has 0 aromatic heterocycles. The molecule has 0 bridgehead atoms. The third-order valence-corrected chi connectivity index (χ3v) is 5.81. The Balaban J connectivity index is 1.61. The maximum atomic E-state index is 12.8.